The van der Waals surface area contributed by atoms with Crippen molar-refractivity contribution in [3.63, 3.8) is 0 Å². The van der Waals surface area contributed by atoms with Gasteiger partial charge in [-0.05, 0) is 35.6 Å². The van der Waals surface area contributed by atoms with Crippen LogP contribution < -0.4 is 5.32 Å². The second kappa shape index (κ2) is 10.0. The number of nitrogens with zero attached hydrogens (tertiary/aromatic N) is 1. The van der Waals surface area contributed by atoms with Crippen molar-refractivity contribution < 1.29 is 29.0 Å². The Morgan fingerprint density at radius 3 is 2.12 bits per heavy atom. The monoisotopic (exact) mass is 454 g/mol. The number of carboxylic acid groups (broad SMARTS) is 1. The Morgan fingerprint density at radius 1 is 1.09 bits per heavy atom. The van der Waals surface area contributed by atoms with Crippen LogP contribution in [0.2, 0.25) is 0 Å². The summed E-state index contributed by atoms with van der Waals surface area (Å²) >= 11 is 0. The molecule has 2 aromatic rings. The standard InChI is InChI=1S/C25H30N2O6/c1-5-25(15-32-4,23(30)27(3)16(2)22(28)29)26-24(31)33-14-21-19-12-8-6-10-17(19)18-11-7-9-13-20(18)21/h6-13,16,21H,5,14-15H2,1-4H3,(H,26,31)(H,28,29)/t16-,25?/m0/s1. The van der Waals surface area contributed by atoms with E-state index in [1.807, 2.05) is 48.5 Å². The van der Waals surface area contributed by atoms with Gasteiger partial charge in [0.25, 0.3) is 5.91 Å². The minimum Gasteiger partial charge on any atom is -0.480 e. The maximum atomic E-state index is 13.2. The lowest BCUT2D eigenvalue weighted by Gasteiger charge is -2.36. The highest BCUT2D eigenvalue weighted by atomic mass is 16.5. The SMILES string of the molecule is CCC(COC)(NC(=O)OCC1c2ccccc2-c2ccccc21)C(=O)N(C)[C@@H](C)C(=O)O. The van der Waals surface area contributed by atoms with Crippen LogP contribution in [-0.2, 0) is 19.1 Å². The van der Waals surface area contributed by atoms with Crippen LogP contribution >= 0.6 is 0 Å². The van der Waals surface area contributed by atoms with Crippen LogP contribution in [0.1, 0.15) is 37.3 Å². The van der Waals surface area contributed by atoms with Crippen molar-refractivity contribution in [2.24, 2.45) is 0 Å². The predicted octanol–water partition coefficient (Wildman–Crippen LogP) is 3.25. The number of carbonyl (C=O) groups is 3. The largest absolute Gasteiger partial charge is 0.480 e. The Hall–Kier alpha value is -3.39. The number of methoxy groups -OCH3 is 1. The molecule has 1 unspecified atom stereocenters. The summed E-state index contributed by atoms with van der Waals surface area (Å²) in [5, 5.41) is 11.9. The molecule has 0 bridgehead atoms. The van der Waals surface area contributed by atoms with Gasteiger partial charge in [-0.1, -0.05) is 55.5 Å². The number of hydrogen-bond donors (Lipinski definition) is 2. The van der Waals surface area contributed by atoms with Crippen LogP contribution in [0.25, 0.3) is 11.1 Å². The van der Waals surface area contributed by atoms with Crippen LogP contribution in [0.3, 0.4) is 0 Å². The van der Waals surface area contributed by atoms with E-state index in [4.69, 9.17) is 9.47 Å². The summed E-state index contributed by atoms with van der Waals surface area (Å²) in [5.41, 5.74) is 2.94. The van der Waals surface area contributed by atoms with Crippen molar-refractivity contribution >= 4 is 18.0 Å². The maximum absolute atomic E-state index is 13.2. The fraction of sp³-hybridized carbons (Fsp3) is 0.400. The number of carbonyl (C=O) groups excluding carboxylic acids is 2. The molecule has 8 nitrogen and oxygen atoms in total. The molecule has 0 fully saturated rings. The Kier molecular flexibility index (Phi) is 7.38. The van der Waals surface area contributed by atoms with Crippen LogP contribution in [-0.4, -0.2) is 66.9 Å². The summed E-state index contributed by atoms with van der Waals surface area (Å²) in [6.45, 7) is 3.10. The fourth-order valence-corrected chi connectivity index (χ4v) is 4.25. The number of likely N-dealkylation sites (N-methyl/N-ethyl adjacent to an activating group) is 1. The molecule has 1 aliphatic rings. The molecule has 2 atom stereocenters. The van der Waals surface area contributed by atoms with E-state index >= 15 is 0 Å². The number of carboxylic acids is 1. The maximum Gasteiger partial charge on any atom is 0.408 e. The van der Waals surface area contributed by atoms with Gasteiger partial charge in [-0.3, -0.25) is 4.79 Å². The smallest absolute Gasteiger partial charge is 0.408 e. The summed E-state index contributed by atoms with van der Waals surface area (Å²) in [6.07, 6.45) is -0.568. The van der Waals surface area contributed by atoms with Crippen molar-refractivity contribution in [2.45, 2.75) is 37.8 Å². The van der Waals surface area contributed by atoms with E-state index in [1.54, 1.807) is 6.92 Å². The molecule has 0 saturated carbocycles. The number of aliphatic carboxylic acids is 1. The van der Waals surface area contributed by atoms with Crippen molar-refractivity contribution in [2.75, 3.05) is 27.4 Å². The van der Waals surface area contributed by atoms with Crippen LogP contribution in [0.4, 0.5) is 4.79 Å². The van der Waals surface area contributed by atoms with Gasteiger partial charge in [0.15, 0.2) is 0 Å². The quantitative estimate of drug-likeness (QED) is 0.603. The molecular weight excluding hydrogens is 424 g/mol. The van der Waals surface area contributed by atoms with Gasteiger partial charge in [0.1, 0.15) is 18.2 Å². The number of fused-ring (bicyclic) bond motifs is 3. The molecular formula is C25H30N2O6. The number of benzene rings is 2. The zero-order valence-corrected chi connectivity index (χ0v) is 19.3. The van der Waals surface area contributed by atoms with E-state index in [2.05, 4.69) is 5.32 Å². The molecule has 33 heavy (non-hydrogen) atoms. The lowest BCUT2D eigenvalue weighted by atomic mass is 9.94. The highest BCUT2D eigenvalue weighted by molar-refractivity contribution is 5.92. The average molecular weight is 455 g/mol. The first-order chi connectivity index (χ1) is 15.8. The Balaban J connectivity index is 1.76. The molecule has 2 amide bonds. The molecule has 0 radical (unpaired) electrons. The number of ether oxygens (including phenoxy) is 2. The molecule has 1 aliphatic carbocycles. The molecule has 0 heterocycles. The molecule has 3 rings (SSSR count). The topological polar surface area (TPSA) is 105 Å². The summed E-state index contributed by atoms with van der Waals surface area (Å²) in [6, 6.07) is 14.9. The van der Waals surface area contributed by atoms with Crippen LogP contribution in [0.15, 0.2) is 48.5 Å². The minimum absolute atomic E-state index is 0.0994. The van der Waals surface area contributed by atoms with E-state index in [0.717, 1.165) is 27.2 Å². The predicted molar refractivity (Wildman–Crippen MR) is 123 cm³/mol. The van der Waals surface area contributed by atoms with Crippen LogP contribution in [0, 0.1) is 0 Å². The summed E-state index contributed by atoms with van der Waals surface area (Å²) in [5.74, 6) is -1.82. The normalized spacial score (nSPS) is 15.0. The number of alkyl carbamates (subject to hydrolysis) is 1. The van der Waals surface area contributed by atoms with E-state index < -0.39 is 29.6 Å². The van der Waals surface area contributed by atoms with E-state index in [-0.39, 0.29) is 25.6 Å². The Labute approximate surface area is 193 Å². The van der Waals surface area contributed by atoms with Crippen molar-refractivity contribution in [3.05, 3.63) is 59.7 Å². The molecule has 8 heteroatoms. The van der Waals surface area contributed by atoms with Crippen molar-refractivity contribution in [1.82, 2.24) is 10.2 Å². The van der Waals surface area contributed by atoms with Gasteiger partial charge in [-0.2, -0.15) is 0 Å². The molecule has 176 valence electrons. The molecule has 0 aromatic heterocycles. The lowest BCUT2D eigenvalue weighted by molar-refractivity contribution is -0.152. The Bertz CT molecular complexity index is 994. The molecule has 0 aliphatic heterocycles. The molecule has 0 spiro atoms. The summed E-state index contributed by atoms with van der Waals surface area (Å²) in [4.78, 5) is 38.4. The van der Waals surface area contributed by atoms with Gasteiger partial charge >= 0.3 is 12.1 Å². The Morgan fingerprint density at radius 2 is 1.64 bits per heavy atom. The van der Waals surface area contributed by atoms with Crippen molar-refractivity contribution in [1.29, 1.82) is 0 Å². The zero-order chi connectivity index (χ0) is 24.2. The van der Waals surface area contributed by atoms with Gasteiger partial charge in [0.05, 0.1) is 6.61 Å². The first-order valence-electron chi connectivity index (χ1n) is 10.9. The minimum atomic E-state index is -1.45. The third-order valence-corrected chi connectivity index (χ3v) is 6.35. The number of amides is 2. The van der Waals surface area contributed by atoms with Gasteiger partial charge in [-0.15, -0.1) is 0 Å². The molecule has 2 N–H and O–H groups in total. The molecule has 2 aromatic carbocycles. The number of rotatable bonds is 9. The van der Waals surface area contributed by atoms with Gasteiger partial charge in [0, 0.05) is 20.1 Å². The third kappa shape index (κ3) is 4.71. The number of hydrogen-bond acceptors (Lipinski definition) is 5. The fourth-order valence-electron chi connectivity index (χ4n) is 4.25. The lowest BCUT2D eigenvalue weighted by Crippen LogP contribution is -2.63. The second-order valence-corrected chi connectivity index (χ2v) is 8.25. The van der Waals surface area contributed by atoms with E-state index in [9.17, 15) is 19.5 Å². The highest BCUT2D eigenvalue weighted by Crippen LogP contribution is 2.44. The number of nitrogens with one attached hydrogen (secondary N) is 1. The van der Waals surface area contributed by atoms with Gasteiger partial charge in [0.2, 0.25) is 0 Å². The third-order valence-electron chi connectivity index (χ3n) is 6.35. The molecule has 0 saturated heterocycles. The van der Waals surface area contributed by atoms with E-state index in [1.165, 1.54) is 21.1 Å². The second-order valence-electron chi connectivity index (χ2n) is 8.25. The first kappa shape index (κ1) is 24.3. The summed E-state index contributed by atoms with van der Waals surface area (Å²) in [7, 11) is 2.80. The van der Waals surface area contributed by atoms with Gasteiger partial charge in [-0.25, -0.2) is 9.59 Å². The van der Waals surface area contributed by atoms with Crippen LogP contribution in [0.5, 0.6) is 0 Å². The van der Waals surface area contributed by atoms with E-state index in [0.29, 0.717) is 0 Å². The zero-order valence-electron chi connectivity index (χ0n) is 19.3. The highest BCUT2D eigenvalue weighted by Gasteiger charge is 2.43. The van der Waals surface area contributed by atoms with Crippen molar-refractivity contribution in [3.8, 4) is 11.1 Å². The summed E-state index contributed by atoms with van der Waals surface area (Å²) < 4.78 is 10.8. The average Bonchev–Trinajstić information content (AvgIpc) is 3.14. The first-order valence-corrected chi connectivity index (χ1v) is 10.9. The van der Waals surface area contributed by atoms with Gasteiger partial charge < -0.3 is 24.8 Å².